The zero-order valence-electron chi connectivity index (χ0n) is 16.2. The van der Waals surface area contributed by atoms with Crippen molar-refractivity contribution in [2.24, 2.45) is 0 Å². The molecule has 1 saturated heterocycles. The van der Waals surface area contributed by atoms with E-state index in [0.29, 0.717) is 17.9 Å². The van der Waals surface area contributed by atoms with Gasteiger partial charge < -0.3 is 15.0 Å². The summed E-state index contributed by atoms with van der Waals surface area (Å²) in [6, 6.07) is 10.2. The molecule has 1 unspecified atom stereocenters. The minimum absolute atomic E-state index is 0.0515. The van der Waals surface area contributed by atoms with Crippen LogP contribution in [0.4, 0.5) is 11.6 Å². The normalized spacial score (nSPS) is 17.4. The summed E-state index contributed by atoms with van der Waals surface area (Å²) in [6.45, 7) is 4.45. The molecule has 7 heteroatoms. The van der Waals surface area contributed by atoms with Gasteiger partial charge in [-0.2, -0.15) is 4.98 Å². The molecule has 27 heavy (non-hydrogen) atoms. The molecule has 1 amide bonds. The van der Waals surface area contributed by atoms with Crippen molar-refractivity contribution in [1.29, 1.82) is 0 Å². The standard InChI is InChI=1S/C20H27N5O2/c1-15(26)22-17-8-6-16(7-9-17)13-25-12-4-5-18(14-25)24(2)20-21-11-10-19(23-20)27-3/h6-11,18H,4-5,12-14H2,1-3H3,(H,22,26). The third-order valence-corrected chi connectivity index (χ3v) is 4.85. The number of amides is 1. The molecule has 144 valence electrons. The fourth-order valence-corrected chi connectivity index (χ4v) is 3.43. The molecule has 3 rings (SSSR count). The lowest BCUT2D eigenvalue weighted by molar-refractivity contribution is -0.114. The number of methoxy groups -OCH3 is 1. The maximum absolute atomic E-state index is 11.1. The lowest BCUT2D eigenvalue weighted by atomic mass is 10.0. The van der Waals surface area contributed by atoms with Crippen LogP contribution >= 0.6 is 0 Å². The van der Waals surface area contributed by atoms with E-state index in [1.54, 1.807) is 19.4 Å². The predicted octanol–water partition coefficient (Wildman–Crippen LogP) is 2.54. The highest BCUT2D eigenvalue weighted by Crippen LogP contribution is 2.21. The fraction of sp³-hybridized carbons (Fsp3) is 0.450. The first kappa shape index (κ1) is 19.1. The molecule has 0 radical (unpaired) electrons. The Morgan fingerprint density at radius 3 is 2.81 bits per heavy atom. The highest BCUT2D eigenvalue weighted by atomic mass is 16.5. The second kappa shape index (κ2) is 8.81. The van der Waals surface area contributed by atoms with Crippen molar-refractivity contribution >= 4 is 17.5 Å². The average molecular weight is 369 g/mol. The van der Waals surface area contributed by atoms with Crippen LogP contribution in [-0.4, -0.2) is 54.1 Å². The minimum atomic E-state index is -0.0515. The third-order valence-electron chi connectivity index (χ3n) is 4.85. The Morgan fingerprint density at radius 1 is 1.33 bits per heavy atom. The Labute approximate surface area is 160 Å². The number of hydrogen-bond acceptors (Lipinski definition) is 6. The first-order valence-electron chi connectivity index (χ1n) is 9.24. The number of benzene rings is 1. The number of aromatic nitrogens is 2. The topological polar surface area (TPSA) is 70.6 Å². The van der Waals surface area contributed by atoms with E-state index in [2.05, 4.69) is 37.2 Å². The van der Waals surface area contributed by atoms with E-state index in [4.69, 9.17) is 4.74 Å². The molecular formula is C20H27N5O2. The van der Waals surface area contributed by atoms with Crippen molar-refractivity contribution in [3.63, 3.8) is 0 Å². The molecule has 7 nitrogen and oxygen atoms in total. The van der Waals surface area contributed by atoms with Gasteiger partial charge in [-0.1, -0.05) is 12.1 Å². The molecule has 1 aromatic carbocycles. The van der Waals surface area contributed by atoms with Gasteiger partial charge in [0.1, 0.15) is 0 Å². The van der Waals surface area contributed by atoms with E-state index in [1.165, 1.54) is 12.5 Å². The Kier molecular flexibility index (Phi) is 6.24. The second-order valence-electron chi connectivity index (χ2n) is 6.92. The summed E-state index contributed by atoms with van der Waals surface area (Å²) in [5, 5.41) is 2.80. The van der Waals surface area contributed by atoms with Crippen molar-refractivity contribution in [3.8, 4) is 5.88 Å². The zero-order chi connectivity index (χ0) is 19.2. The molecule has 1 fully saturated rings. The molecule has 1 aliphatic heterocycles. The number of rotatable bonds is 6. The summed E-state index contributed by atoms with van der Waals surface area (Å²) in [4.78, 5) is 24.6. The first-order chi connectivity index (χ1) is 13.0. The maximum Gasteiger partial charge on any atom is 0.228 e. The van der Waals surface area contributed by atoms with Crippen LogP contribution in [0.25, 0.3) is 0 Å². The number of carbonyl (C=O) groups excluding carboxylic acids is 1. The number of anilines is 2. The molecular weight excluding hydrogens is 342 g/mol. The highest BCUT2D eigenvalue weighted by molar-refractivity contribution is 5.88. The Bertz CT molecular complexity index is 765. The summed E-state index contributed by atoms with van der Waals surface area (Å²) >= 11 is 0. The van der Waals surface area contributed by atoms with E-state index in [9.17, 15) is 4.79 Å². The number of nitrogens with one attached hydrogen (secondary N) is 1. The lowest BCUT2D eigenvalue weighted by Gasteiger charge is -2.37. The van der Waals surface area contributed by atoms with Gasteiger partial charge in [0, 0.05) is 51.1 Å². The predicted molar refractivity (Wildman–Crippen MR) is 106 cm³/mol. The van der Waals surface area contributed by atoms with E-state index >= 15 is 0 Å². The molecule has 1 aliphatic rings. The van der Waals surface area contributed by atoms with E-state index < -0.39 is 0 Å². The minimum Gasteiger partial charge on any atom is -0.481 e. The van der Waals surface area contributed by atoms with Crippen molar-refractivity contribution in [1.82, 2.24) is 14.9 Å². The van der Waals surface area contributed by atoms with Crippen LogP contribution in [0.3, 0.4) is 0 Å². The smallest absolute Gasteiger partial charge is 0.228 e. The van der Waals surface area contributed by atoms with Crippen LogP contribution < -0.4 is 15.0 Å². The number of ether oxygens (including phenoxy) is 1. The van der Waals surface area contributed by atoms with Crippen LogP contribution in [0.1, 0.15) is 25.3 Å². The van der Waals surface area contributed by atoms with Crippen molar-refractivity contribution in [2.45, 2.75) is 32.4 Å². The van der Waals surface area contributed by atoms with E-state index in [-0.39, 0.29) is 5.91 Å². The van der Waals surface area contributed by atoms with E-state index in [0.717, 1.165) is 38.2 Å². The van der Waals surface area contributed by atoms with Crippen LogP contribution in [0.2, 0.25) is 0 Å². The molecule has 0 saturated carbocycles. The molecule has 1 N–H and O–H groups in total. The molecule has 0 bridgehead atoms. The summed E-state index contributed by atoms with van der Waals surface area (Å²) in [6.07, 6.45) is 3.99. The van der Waals surface area contributed by atoms with Crippen LogP contribution in [0.15, 0.2) is 36.5 Å². The van der Waals surface area contributed by atoms with E-state index in [1.807, 2.05) is 19.2 Å². The number of piperidine rings is 1. The molecule has 0 aliphatic carbocycles. The van der Waals surface area contributed by atoms with Crippen LogP contribution in [0, 0.1) is 0 Å². The van der Waals surface area contributed by atoms with Crippen molar-refractivity contribution in [3.05, 3.63) is 42.1 Å². The van der Waals surface area contributed by atoms with Gasteiger partial charge in [-0.15, -0.1) is 0 Å². The fourth-order valence-electron chi connectivity index (χ4n) is 3.43. The Balaban J connectivity index is 1.61. The van der Waals surface area contributed by atoms with Gasteiger partial charge in [0.05, 0.1) is 7.11 Å². The van der Waals surface area contributed by atoms with Gasteiger partial charge >= 0.3 is 0 Å². The molecule has 1 aromatic heterocycles. The lowest BCUT2D eigenvalue weighted by Crippen LogP contribution is -2.46. The van der Waals surface area contributed by atoms with Gasteiger partial charge in [0.15, 0.2) is 0 Å². The van der Waals surface area contributed by atoms with Gasteiger partial charge in [-0.05, 0) is 37.1 Å². The molecule has 2 aromatic rings. The molecule has 0 spiro atoms. The van der Waals surface area contributed by atoms with Gasteiger partial charge in [0.2, 0.25) is 17.7 Å². The highest BCUT2D eigenvalue weighted by Gasteiger charge is 2.25. The number of hydrogen-bond donors (Lipinski definition) is 1. The molecule has 2 heterocycles. The van der Waals surface area contributed by atoms with Gasteiger partial charge in [-0.25, -0.2) is 4.98 Å². The summed E-state index contributed by atoms with van der Waals surface area (Å²) in [7, 11) is 3.66. The first-order valence-corrected chi connectivity index (χ1v) is 9.24. The second-order valence-corrected chi connectivity index (χ2v) is 6.92. The molecule has 1 atom stereocenters. The van der Waals surface area contributed by atoms with Gasteiger partial charge in [0.25, 0.3) is 0 Å². The quantitative estimate of drug-likeness (QED) is 0.844. The summed E-state index contributed by atoms with van der Waals surface area (Å²) in [5.74, 6) is 1.23. The van der Waals surface area contributed by atoms with Crippen LogP contribution in [-0.2, 0) is 11.3 Å². The number of nitrogens with zero attached hydrogens (tertiary/aromatic N) is 4. The average Bonchev–Trinajstić information content (AvgIpc) is 2.69. The van der Waals surface area contributed by atoms with Crippen molar-refractivity contribution in [2.75, 3.05) is 37.5 Å². The monoisotopic (exact) mass is 369 g/mol. The summed E-state index contributed by atoms with van der Waals surface area (Å²) in [5.41, 5.74) is 2.07. The SMILES string of the molecule is COc1ccnc(N(C)C2CCCN(Cc3ccc(NC(C)=O)cc3)C2)n1. The third kappa shape index (κ3) is 5.17. The summed E-state index contributed by atoms with van der Waals surface area (Å²) < 4.78 is 5.21. The zero-order valence-corrected chi connectivity index (χ0v) is 16.2. The number of carbonyl (C=O) groups is 1. The Morgan fingerprint density at radius 2 is 2.11 bits per heavy atom. The van der Waals surface area contributed by atoms with Crippen molar-refractivity contribution < 1.29 is 9.53 Å². The van der Waals surface area contributed by atoms with Gasteiger partial charge in [-0.3, -0.25) is 9.69 Å². The largest absolute Gasteiger partial charge is 0.481 e. The number of likely N-dealkylation sites (N-methyl/N-ethyl adjacent to an activating group) is 1. The number of likely N-dealkylation sites (tertiary alicyclic amines) is 1. The maximum atomic E-state index is 11.1. The van der Waals surface area contributed by atoms with Crippen LogP contribution in [0.5, 0.6) is 5.88 Å². The Hall–Kier alpha value is -2.67.